The Bertz CT molecular complexity index is 1730. The average Bonchev–Trinajstić information content (AvgIpc) is 2.87. The average molecular weight is 508 g/mol. The Kier molecular flexibility index (Phi) is 6.45. The molecule has 3 aromatic heterocycles. The maximum absolute atomic E-state index is 13.2. The Labute approximate surface area is 220 Å². The number of anilines is 1. The van der Waals surface area contributed by atoms with Gasteiger partial charge in [0.05, 0.1) is 28.7 Å². The van der Waals surface area contributed by atoms with E-state index in [1.54, 1.807) is 24.5 Å². The molecule has 0 saturated carbocycles. The van der Waals surface area contributed by atoms with Gasteiger partial charge in [0.15, 0.2) is 11.2 Å². The number of hydrogen-bond donors (Lipinski definition) is 1. The van der Waals surface area contributed by atoms with Gasteiger partial charge in [0.25, 0.3) is 0 Å². The van der Waals surface area contributed by atoms with Crippen LogP contribution < -0.4 is 10.7 Å². The minimum absolute atomic E-state index is 0.152. The normalized spacial score (nSPS) is 12.4. The van der Waals surface area contributed by atoms with Crippen molar-refractivity contribution in [1.29, 1.82) is 0 Å². The SMILES string of the molecule is Cc1cc(C(C)Nc2ccccc2C(=O)OC(C)(C)C)c2oc(-c3cc4cccnc4cn3)cc(=O)c2c1. The zero-order valence-corrected chi connectivity index (χ0v) is 22.0. The van der Waals surface area contributed by atoms with E-state index in [0.717, 1.165) is 22.0 Å². The molecule has 1 N–H and O–H groups in total. The quantitative estimate of drug-likeness (QED) is 0.260. The van der Waals surface area contributed by atoms with E-state index in [1.165, 1.54) is 6.07 Å². The number of fused-ring (bicyclic) bond motifs is 2. The number of aromatic nitrogens is 2. The first-order valence-corrected chi connectivity index (χ1v) is 12.5. The number of carbonyl (C=O) groups excluding carboxylic acids is 1. The van der Waals surface area contributed by atoms with Gasteiger partial charge in [-0.15, -0.1) is 0 Å². The van der Waals surface area contributed by atoms with Crippen LogP contribution in [-0.2, 0) is 4.74 Å². The third-order valence-electron chi connectivity index (χ3n) is 6.13. The van der Waals surface area contributed by atoms with Gasteiger partial charge in [0.1, 0.15) is 16.9 Å². The summed E-state index contributed by atoms with van der Waals surface area (Å²) in [5, 5.41) is 4.82. The zero-order chi connectivity index (χ0) is 27.0. The van der Waals surface area contributed by atoms with E-state index in [2.05, 4.69) is 15.3 Å². The number of para-hydroxylation sites is 1. The highest BCUT2D eigenvalue weighted by molar-refractivity contribution is 5.96. The monoisotopic (exact) mass is 507 g/mol. The molecule has 0 amide bonds. The number of esters is 1. The van der Waals surface area contributed by atoms with Gasteiger partial charge >= 0.3 is 5.97 Å². The molecule has 192 valence electrons. The molecule has 0 fully saturated rings. The second kappa shape index (κ2) is 9.74. The molecule has 7 nitrogen and oxygen atoms in total. The van der Waals surface area contributed by atoms with Crippen molar-refractivity contribution in [3.63, 3.8) is 0 Å². The van der Waals surface area contributed by atoms with Crippen LogP contribution >= 0.6 is 0 Å². The number of benzene rings is 2. The Morgan fingerprint density at radius 2 is 1.82 bits per heavy atom. The predicted octanol–water partition coefficient (Wildman–Crippen LogP) is 6.84. The van der Waals surface area contributed by atoms with E-state index in [-0.39, 0.29) is 11.5 Å². The molecule has 3 heterocycles. The van der Waals surface area contributed by atoms with Crippen molar-refractivity contribution in [1.82, 2.24) is 9.97 Å². The molecule has 7 heteroatoms. The molecule has 0 aliphatic carbocycles. The Morgan fingerprint density at radius 3 is 2.61 bits per heavy atom. The summed E-state index contributed by atoms with van der Waals surface area (Å²) in [6.07, 6.45) is 3.38. The lowest BCUT2D eigenvalue weighted by Gasteiger charge is -2.22. The van der Waals surface area contributed by atoms with Crippen LogP contribution in [0.1, 0.15) is 55.2 Å². The number of carbonyl (C=O) groups is 1. The maximum atomic E-state index is 13.2. The third-order valence-corrected chi connectivity index (χ3v) is 6.13. The van der Waals surface area contributed by atoms with Gasteiger partial charge in [-0.2, -0.15) is 0 Å². The van der Waals surface area contributed by atoms with E-state index in [0.29, 0.717) is 33.7 Å². The molecule has 1 atom stereocenters. The van der Waals surface area contributed by atoms with Crippen LogP contribution in [0.4, 0.5) is 5.69 Å². The summed E-state index contributed by atoms with van der Waals surface area (Å²) >= 11 is 0. The van der Waals surface area contributed by atoms with Crippen LogP contribution in [0.2, 0.25) is 0 Å². The van der Waals surface area contributed by atoms with Crippen molar-refractivity contribution in [3.05, 3.63) is 100.0 Å². The summed E-state index contributed by atoms with van der Waals surface area (Å²) in [4.78, 5) is 34.9. The van der Waals surface area contributed by atoms with Gasteiger partial charge in [-0.1, -0.05) is 24.3 Å². The lowest BCUT2D eigenvalue weighted by atomic mass is 10.0. The molecule has 0 aliphatic rings. The Hall–Kier alpha value is -4.52. The maximum Gasteiger partial charge on any atom is 0.340 e. The summed E-state index contributed by atoms with van der Waals surface area (Å²) in [5.74, 6) is -0.0349. The molecule has 5 aromatic rings. The van der Waals surface area contributed by atoms with Crippen molar-refractivity contribution in [3.8, 4) is 11.5 Å². The molecule has 0 aliphatic heterocycles. The molecule has 0 spiro atoms. The summed E-state index contributed by atoms with van der Waals surface area (Å²) in [7, 11) is 0. The Balaban J connectivity index is 1.57. The molecule has 38 heavy (non-hydrogen) atoms. The standard InChI is InChI=1S/C31H29N3O4/c1-18-13-22(19(2)34-24-11-7-6-10-21(24)30(36)38-31(3,4)5)29-23(14-18)27(35)16-28(37-29)25-15-20-9-8-12-32-26(20)17-33-25/h6-17,19,34H,1-5H3. The first-order valence-electron chi connectivity index (χ1n) is 12.5. The fraction of sp³-hybridized carbons (Fsp3) is 0.226. The molecular weight excluding hydrogens is 478 g/mol. The fourth-order valence-electron chi connectivity index (χ4n) is 4.42. The predicted molar refractivity (Wildman–Crippen MR) is 149 cm³/mol. The van der Waals surface area contributed by atoms with Crippen molar-refractivity contribution < 1.29 is 13.9 Å². The van der Waals surface area contributed by atoms with Crippen molar-refractivity contribution in [2.24, 2.45) is 0 Å². The minimum Gasteiger partial charge on any atom is -0.456 e. The van der Waals surface area contributed by atoms with E-state index in [9.17, 15) is 9.59 Å². The fourth-order valence-corrected chi connectivity index (χ4v) is 4.42. The van der Waals surface area contributed by atoms with Crippen LogP contribution in [0.5, 0.6) is 0 Å². The number of nitrogens with zero attached hydrogens (tertiary/aromatic N) is 2. The van der Waals surface area contributed by atoms with Gasteiger partial charge in [0, 0.05) is 28.9 Å². The topological polar surface area (TPSA) is 94.3 Å². The number of nitrogens with one attached hydrogen (secondary N) is 1. The van der Waals surface area contributed by atoms with Crippen LogP contribution in [-0.4, -0.2) is 21.5 Å². The summed E-state index contributed by atoms with van der Waals surface area (Å²) in [6, 6.07) is 17.9. The smallest absolute Gasteiger partial charge is 0.340 e. The Morgan fingerprint density at radius 1 is 1.03 bits per heavy atom. The largest absolute Gasteiger partial charge is 0.456 e. The van der Waals surface area contributed by atoms with Gasteiger partial charge in [-0.05, 0) is 70.5 Å². The summed E-state index contributed by atoms with van der Waals surface area (Å²) in [5.41, 5.74) is 3.80. The van der Waals surface area contributed by atoms with Gasteiger partial charge in [0.2, 0.25) is 0 Å². The lowest BCUT2D eigenvalue weighted by Crippen LogP contribution is -2.24. The molecule has 0 saturated heterocycles. The summed E-state index contributed by atoms with van der Waals surface area (Å²) < 4.78 is 12.0. The van der Waals surface area contributed by atoms with Crippen LogP contribution in [0.25, 0.3) is 33.3 Å². The van der Waals surface area contributed by atoms with Crippen LogP contribution in [0.15, 0.2) is 82.3 Å². The molecule has 5 rings (SSSR count). The highest BCUT2D eigenvalue weighted by atomic mass is 16.6. The van der Waals surface area contributed by atoms with Crippen molar-refractivity contribution >= 4 is 33.5 Å². The number of aryl methyl sites for hydroxylation is 1. The van der Waals surface area contributed by atoms with Crippen LogP contribution in [0.3, 0.4) is 0 Å². The number of ether oxygens (including phenoxy) is 1. The van der Waals surface area contributed by atoms with Crippen molar-refractivity contribution in [2.45, 2.75) is 46.3 Å². The van der Waals surface area contributed by atoms with E-state index < -0.39 is 11.6 Å². The first-order chi connectivity index (χ1) is 18.1. The molecule has 0 bridgehead atoms. The second-order valence-corrected chi connectivity index (χ2v) is 10.4. The number of hydrogen-bond acceptors (Lipinski definition) is 7. The molecular formula is C31H29N3O4. The highest BCUT2D eigenvalue weighted by Crippen LogP contribution is 2.31. The van der Waals surface area contributed by atoms with Crippen molar-refractivity contribution in [2.75, 3.05) is 5.32 Å². The van der Waals surface area contributed by atoms with E-state index in [4.69, 9.17) is 9.15 Å². The number of pyridine rings is 2. The zero-order valence-electron chi connectivity index (χ0n) is 22.0. The second-order valence-electron chi connectivity index (χ2n) is 10.4. The highest BCUT2D eigenvalue weighted by Gasteiger charge is 2.22. The van der Waals surface area contributed by atoms with E-state index in [1.807, 2.05) is 77.1 Å². The molecule has 2 aromatic carbocycles. The number of rotatable bonds is 5. The lowest BCUT2D eigenvalue weighted by molar-refractivity contribution is 0.00706. The van der Waals surface area contributed by atoms with Gasteiger partial charge in [-0.3, -0.25) is 14.8 Å². The molecule has 1 unspecified atom stereocenters. The first kappa shape index (κ1) is 25.1. The van der Waals surface area contributed by atoms with E-state index >= 15 is 0 Å². The minimum atomic E-state index is -0.616. The van der Waals surface area contributed by atoms with Gasteiger partial charge < -0.3 is 14.5 Å². The molecule has 0 radical (unpaired) electrons. The van der Waals surface area contributed by atoms with Gasteiger partial charge in [-0.25, -0.2) is 4.79 Å². The van der Waals surface area contributed by atoms with Crippen LogP contribution in [0, 0.1) is 6.92 Å². The summed E-state index contributed by atoms with van der Waals surface area (Å²) in [6.45, 7) is 9.41. The third kappa shape index (κ3) is 5.13.